The minimum absolute atomic E-state index is 0.389. The van der Waals surface area contributed by atoms with Crippen LogP contribution in [0.4, 0.5) is 0 Å². The largest absolute Gasteiger partial charge is 0.297 e. The van der Waals surface area contributed by atoms with E-state index in [0.717, 1.165) is 12.5 Å². The van der Waals surface area contributed by atoms with Crippen molar-refractivity contribution in [3.63, 3.8) is 0 Å². The van der Waals surface area contributed by atoms with Gasteiger partial charge in [-0.25, -0.2) is 0 Å². The third kappa shape index (κ3) is 2.69. The Bertz CT molecular complexity index is 314. The Kier molecular flexibility index (Phi) is 3.45. The molecule has 90 valence electrons. The molecule has 16 heavy (non-hydrogen) atoms. The highest BCUT2D eigenvalue weighted by molar-refractivity contribution is 8.03. The van der Waals surface area contributed by atoms with Gasteiger partial charge in [0, 0.05) is 29.7 Å². The van der Waals surface area contributed by atoms with Crippen LogP contribution in [0.5, 0.6) is 0 Å². The molecule has 0 aromatic rings. The van der Waals surface area contributed by atoms with E-state index in [9.17, 15) is 0 Å². The molecule has 3 heteroatoms. The first-order chi connectivity index (χ1) is 7.49. The standard InChI is InChI=1S/C13H22N2S/c1-13(2,3)9-16-12-10-5-6-15(7-10)8-11(12)14-4/h10H,4-9H2,1-3H3. The smallest absolute Gasteiger partial charge is 0.0634 e. The molecule has 0 aliphatic carbocycles. The van der Waals surface area contributed by atoms with Gasteiger partial charge in [-0.1, -0.05) is 20.8 Å². The fraction of sp³-hybridized carbons (Fsp3) is 0.769. The van der Waals surface area contributed by atoms with Crippen LogP contribution in [0.2, 0.25) is 0 Å². The Morgan fingerprint density at radius 3 is 2.88 bits per heavy atom. The number of hydrogen-bond donors (Lipinski definition) is 0. The van der Waals surface area contributed by atoms with Crippen LogP contribution in [0.3, 0.4) is 0 Å². The average Bonchev–Trinajstić information content (AvgIpc) is 2.58. The molecule has 2 unspecified atom stereocenters. The molecule has 0 aromatic carbocycles. The second kappa shape index (κ2) is 4.53. The molecule has 0 radical (unpaired) electrons. The van der Waals surface area contributed by atoms with E-state index in [4.69, 9.17) is 0 Å². The molecule has 0 aromatic heterocycles. The Morgan fingerprint density at radius 1 is 1.50 bits per heavy atom. The van der Waals surface area contributed by atoms with Gasteiger partial charge in [-0.3, -0.25) is 9.89 Å². The maximum Gasteiger partial charge on any atom is 0.0634 e. The summed E-state index contributed by atoms with van der Waals surface area (Å²) in [6, 6.07) is 0. The average molecular weight is 238 g/mol. The van der Waals surface area contributed by atoms with Crippen LogP contribution < -0.4 is 0 Å². The van der Waals surface area contributed by atoms with Crippen molar-refractivity contribution in [2.45, 2.75) is 27.2 Å². The number of nitrogens with zero attached hydrogens (tertiary/aromatic N) is 2. The number of aliphatic imine (C=N–C) groups is 1. The van der Waals surface area contributed by atoms with Crippen molar-refractivity contribution in [3.8, 4) is 0 Å². The van der Waals surface area contributed by atoms with E-state index in [1.165, 1.54) is 35.9 Å². The quantitative estimate of drug-likeness (QED) is 0.702. The van der Waals surface area contributed by atoms with E-state index in [2.05, 4.69) is 37.4 Å². The van der Waals surface area contributed by atoms with Crippen LogP contribution in [0, 0.1) is 11.3 Å². The normalized spacial score (nSPS) is 29.7. The van der Waals surface area contributed by atoms with Crippen LogP contribution in [0.1, 0.15) is 27.2 Å². The summed E-state index contributed by atoms with van der Waals surface area (Å²) in [7, 11) is 0. The van der Waals surface area contributed by atoms with Crippen molar-refractivity contribution >= 4 is 18.5 Å². The summed E-state index contributed by atoms with van der Waals surface area (Å²) >= 11 is 2.02. The first-order valence-corrected chi connectivity index (χ1v) is 7.03. The van der Waals surface area contributed by atoms with E-state index in [0.29, 0.717) is 5.41 Å². The molecule has 2 aliphatic heterocycles. The molecule has 2 bridgehead atoms. The van der Waals surface area contributed by atoms with Crippen molar-refractivity contribution in [2.75, 3.05) is 25.4 Å². The van der Waals surface area contributed by atoms with E-state index in [1.807, 2.05) is 11.8 Å². The van der Waals surface area contributed by atoms with Crippen LogP contribution in [-0.2, 0) is 0 Å². The first-order valence-electron chi connectivity index (χ1n) is 6.04. The van der Waals surface area contributed by atoms with Gasteiger partial charge < -0.3 is 0 Å². The molecule has 0 saturated carbocycles. The van der Waals surface area contributed by atoms with Gasteiger partial charge in [0.15, 0.2) is 0 Å². The third-order valence-electron chi connectivity index (χ3n) is 3.15. The van der Waals surface area contributed by atoms with Gasteiger partial charge >= 0.3 is 0 Å². The highest BCUT2D eigenvalue weighted by atomic mass is 32.2. The Morgan fingerprint density at radius 2 is 2.25 bits per heavy atom. The zero-order valence-electron chi connectivity index (χ0n) is 10.6. The summed E-state index contributed by atoms with van der Waals surface area (Å²) in [6.07, 6.45) is 1.31. The summed E-state index contributed by atoms with van der Waals surface area (Å²) in [4.78, 5) is 8.26. The topological polar surface area (TPSA) is 15.6 Å². The van der Waals surface area contributed by atoms with Crippen LogP contribution in [-0.4, -0.2) is 37.0 Å². The van der Waals surface area contributed by atoms with Crippen molar-refractivity contribution in [1.82, 2.24) is 4.90 Å². The molecule has 1 fully saturated rings. The monoisotopic (exact) mass is 238 g/mol. The second-order valence-electron chi connectivity index (χ2n) is 6.04. The Labute approximate surface area is 103 Å². The zero-order chi connectivity index (χ0) is 11.8. The molecule has 2 atom stereocenters. The van der Waals surface area contributed by atoms with Crippen molar-refractivity contribution < 1.29 is 0 Å². The van der Waals surface area contributed by atoms with Crippen LogP contribution in [0.25, 0.3) is 0 Å². The lowest BCUT2D eigenvalue weighted by Gasteiger charge is -2.27. The summed E-state index contributed by atoms with van der Waals surface area (Å²) in [5, 5.41) is 0. The van der Waals surface area contributed by atoms with Crippen LogP contribution in [0.15, 0.2) is 15.6 Å². The molecular formula is C13H22N2S. The molecule has 0 N–H and O–H groups in total. The maximum absolute atomic E-state index is 4.24. The number of rotatable bonds is 3. The van der Waals surface area contributed by atoms with E-state index < -0.39 is 0 Å². The minimum atomic E-state index is 0.389. The predicted octanol–water partition coefficient (Wildman–Crippen LogP) is 3.01. The number of hydrogen-bond acceptors (Lipinski definition) is 3. The SMILES string of the molecule is C=NC1=C(SCC(C)(C)C)C2CCN(C1)C2. The van der Waals surface area contributed by atoms with Gasteiger partial charge in [-0.15, -0.1) is 11.8 Å². The number of thioether (sulfide) groups is 1. The lowest BCUT2D eigenvalue weighted by Crippen LogP contribution is -2.28. The van der Waals surface area contributed by atoms with Crippen molar-refractivity contribution in [3.05, 3.63) is 10.6 Å². The van der Waals surface area contributed by atoms with Gasteiger partial charge in [0.25, 0.3) is 0 Å². The molecule has 0 amide bonds. The number of fused-ring (bicyclic) bond motifs is 2. The van der Waals surface area contributed by atoms with Gasteiger partial charge in [0.2, 0.25) is 0 Å². The Hall–Kier alpha value is -0.280. The lowest BCUT2D eigenvalue weighted by atomic mass is 10.0. The molecule has 0 spiro atoms. The van der Waals surface area contributed by atoms with E-state index in [-0.39, 0.29) is 0 Å². The maximum atomic E-state index is 4.24. The predicted molar refractivity (Wildman–Crippen MR) is 73.0 cm³/mol. The van der Waals surface area contributed by atoms with Gasteiger partial charge in [0.1, 0.15) is 0 Å². The summed E-state index contributed by atoms with van der Waals surface area (Å²) in [5.41, 5.74) is 1.63. The van der Waals surface area contributed by atoms with Crippen LogP contribution >= 0.6 is 11.8 Å². The van der Waals surface area contributed by atoms with Crippen molar-refractivity contribution in [1.29, 1.82) is 0 Å². The molecular weight excluding hydrogens is 216 g/mol. The van der Waals surface area contributed by atoms with Crippen molar-refractivity contribution in [2.24, 2.45) is 16.3 Å². The van der Waals surface area contributed by atoms with Gasteiger partial charge in [0.05, 0.1) is 5.70 Å². The molecule has 2 aliphatic rings. The molecule has 2 nitrogen and oxygen atoms in total. The summed E-state index contributed by atoms with van der Waals surface area (Å²) in [5.74, 6) is 1.92. The minimum Gasteiger partial charge on any atom is -0.297 e. The first kappa shape index (κ1) is 12.2. The molecule has 2 rings (SSSR count). The second-order valence-corrected chi connectivity index (χ2v) is 7.06. The van der Waals surface area contributed by atoms with Gasteiger partial charge in [-0.2, -0.15) is 0 Å². The fourth-order valence-electron chi connectivity index (χ4n) is 2.34. The molecule has 1 saturated heterocycles. The van der Waals surface area contributed by atoms with Gasteiger partial charge in [-0.05, 0) is 25.1 Å². The zero-order valence-corrected chi connectivity index (χ0v) is 11.4. The summed E-state index contributed by atoms with van der Waals surface area (Å²) < 4.78 is 0. The van der Waals surface area contributed by atoms with E-state index in [1.54, 1.807) is 0 Å². The third-order valence-corrected chi connectivity index (χ3v) is 5.04. The lowest BCUT2D eigenvalue weighted by molar-refractivity contribution is 0.345. The fourth-order valence-corrected chi connectivity index (χ4v) is 3.65. The summed E-state index contributed by atoms with van der Waals surface area (Å²) in [6.45, 7) is 14.1. The van der Waals surface area contributed by atoms with E-state index >= 15 is 0 Å². The highest BCUT2D eigenvalue weighted by Crippen LogP contribution is 2.40. The molecule has 2 heterocycles. The Balaban J connectivity index is 2.09. The highest BCUT2D eigenvalue weighted by Gasteiger charge is 2.33.